The molecule has 1 atom stereocenters. The number of amides is 1. The molecule has 2 aromatic heterocycles. The van der Waals surface area contributed by atoms with Crippen LogP contribution < -0.4 is 0 Å². The summed E-state index contributed by atoms with van der Waals surface area (Å²) in [4.78, 5) is 19.9. The van der Waals surface area contributed by atoms with E-state index in [1.807, 2.05) is 4.90 Å². The Morgan fingerprint density at radius 1 is 1.19 bits per heavy atom. The summed E-state index contributed by atoms with van der Waals surface area (Å²) in [5.74, 6) is 0.294. The van der Waals surface area contributed by atoms with Crippen LogP contribution in [0.3, 0.4) is 0 Å². The predicted octanol–water partition coefficient (Wildman–Crippen LogP) is 5.62. The molecule has 5 rings (SSSR count). The first-order chi connectivity index (χ1) is 14.8. The van der Waals surface area contributed by atoms with Crippen LogP contribution in [-0.2, 0) is 6.18 Å². The summed E-state index contributed by atoms with van der Waals surface area (Å²) in [5, 5.41) is 4.39. The minimum atomic E-state index is -4.55. The number of hydrogen-bond donors (Lipinski definition) is 0. The van der Waals surface area contributed by atoms with Crippen LogP contribution in [0.5, 0.6) is 0 Å². The number of carbonyl (C=O) groups excluding carboxylic acids is 1. The lowest BCUT2D eigenvalue weighted by molar-refractivity contribution is -0.137. The van der Waals surface area contributed by atoms with Gasteiger partial charge < -0.3 is 9.42 Å². The first-order valence-corrected chi connectivity index (χ1v) is 10.5. The summed E-state index contributed by atoms with van der Waals surface area (Å²) < 4.78 is 46.1. The van der Waals surface area contributed by atoms with Crippen molar-refractivity contribution in [2.45, 2.75) is 57.8 Å². The van der Waals surface area contributed by atoms with Crippen LogP contribution >= 0.6 is 0 Å². The van der Waals surface area contributed by atoms with Gasteiger partial charge in [-0.25, -0.2) is 4.98 Å². The average Bonchev–Trinajstić information content (AvgIpc) is 3.65. The largest absolute Gasteiger partial charge is 0.417 e. The van der Waals surface area contributed by atoms with Crippen molar-refractivity contribution >= 4 is 17.0 Å². The minimum absolute atomic E-state index is 0.0507. The predicted molar refractivity (Wildman–Crippen MR) is 108 cm³/mol. The maximum absolute atomic E-state index is 13.7. The van der Waals surface area contributed by atoms with E-state index in [0.717, 1.165) is 31.7 Å². The second kappa shape index (κ2) is 7.07. The lowest BCUT2D eigenvalue weighted by atomic mass is 9.99. The molecule has 0 saturated heterocycles. The number of pyridine rings is 1. The van der Waals surface area contributed by atoms with Gasteiger partial charge in [-0.1, -0.05) is 23.4 Å². The minimum Gasteiger partial charge on any atom is -0.335 e. The number of fused-ring (bicyclic) bond motifs is 1. The van der Waals surface area contributed by atoms with E-state index in [1.54, 1.807) is 6.92 Å². The average molecular weight is 429 g/mol. The van der Waals surface area contributed by atoms with Crippen molar-refractivity contribution < 1.29 is 22.5 Å². The number of alkyl halides is 3. The highest BCUT2D eigenvalue weighted by Crippen LogP contribution is 2.42. The van der Waals surface area contributed by atoms with Gasteiger partial charge in [-0.3, -0.25) is 4.79 Å². The molecule has 2 saturated carbocycles. The second-order valence-corrected chi connectivity index (χ2v) is 8.57. The van der Waals surface area contributed by atoms with Crippen LogP contribution in [0.25, 0.3) is 22.4 Å². The smallest absolute Gasteiger partial charge is 0.335 e. The fraction of sp³-hybridized carbons (Fsp3) is 0.435. The van der Waals surface area contributed by atoms with Gasteiger partial charge in [0.2, 0.25) is 0 Å². The molecule has 3 aromatic rings. The van der Waals surface area contributed by atoms with Crippen LogP contribution in [0.1, 0.15) is 54.2 Å². The van der Waals surface area contributed by atoms with Gasteiger partial charge in [0, 0.05) is 17.6 Å². The van der Waals surface area contributed by atoms with Gasteiger partial charge >= 0.3 is 6.18 Å². The molecule has 0 bridgehead atoms. The molecule has 31 heavy (non-hydrogen) atoms. The van der Waals surface area contributed by atoms with E-state index in [1.165, 1.54) is 24.3 Å². The summed E-state index contributed by atoms with van der Waals surface area (Å²) in [7, 11) is 0. The quantitative estimate of drug-likeness (QED) is 0.528. The van der Waals surface area contributed by atoms with Gasteiger partial charge in [-0.05, 0) is 57.6 Å². The maximum Gasteiger partial charge on any atom is 0.417 e. The van der Waals surface area contributed by atoms with Gasteiger partial charge in [-0.15, -0.1) is 0 Å². The number of carbonyl (C=O) groups is 1. The molecule has 2 heterocycles. The Balaban J connectivity index is 1.67. The number of hydrogen-bond acceptors (Lipinski definition) is 4. The highest BCUT2D eigenvalue weighted by atomic mass is 19.4. The fourth-order valence-corrected chi connectivity index (χ4v) is 4.34. The van der Waals surface area contributed by atoms with Crippen molar-refractivity contribution in [2.24, 2.45) is 5.92 Å². The van der Waals surface area contributed by atoms with Crippen molar-refractivity contribution in [1.29, 1.82) is 0 Å². The number of aryl methyl sites for hydroxylation is 1. The van der Waals surface area contributed by atoms with Crippen LogP contribution in [-0.4, -0.2) is 33.0 Å². The van der Waals surface area contributed by atoms with Crippen molar-refractivity contribution in [3.63, 3.8) is 0 Å². The topological polar surface area (TPSA) is 59.2 Å². The molecular weight excluding hydrogens is 407 g/mol. The monoisotopic (exact) mass is 429 g/mol. The first-order valence-electron chi connectivity index (χ1n) is 10.5. The van der Waals surface area contributed by atoms with Crippen LogP contribution in [0.15, 0.2) is 34.9 Å². The Labute approximate surface area is 177 Å². The van der Waals surface area contributed by atoms with E-state index in [4.69, 9.17) is 4.52 Å². The Morgan fingerprint density at radius 2 is 1.90 bits per heavy atom. The van der Waals surface area contributed by atoms with Crippen molar-refractivity contribution in [3.05, 3.63) is 47.2 Å². The van der Waals surface area contributed by atoms with Crippen LogP contribution in [0, 0.1) is 12.8 Å². The van der Waals surface area contributed by atoms with E-state index in [-0.39, 0.29) is 35.0 Å². The summed E-state index contributed by atoms with van der Waals surface area (Å²) in [6.45, 7) is 3.77. The SMILES string of the molecule is Cc1noc2nc(-c3ccccc3C(F)(F)F)cc(C(=O)N(C3CC3)[C@@H](C)C3CC3)c12. The number of halogens is 3. The van der Waals surface area contributed by atoms with E-state index in [0.29, 0.717) is 22.6 Å². The molecule has 0 unspecified atom stereocenters. The van der Waals surface area contributed by atoms with Crippen molar-refractivity contribution in [3.8, 4) is 11.3 Å². The third kappa shape index (κ3) is 3.58. The highest BCUT2D eigenvalue weighted by Gasteiger charge is 2.43. The Hall–Kier alpha value is -2.90. The van der Waals surface area contributed by atoms with Crippen LogP contribution in [0.4, 0.5) is 13.2 Å². The van der Waals surface area contributed by atoms with Gasteiger partial charge in [0.1, 0.15) is 0 Å². The lowest BCUT2D eigenvalue weighted by Crippen LogP contribution is -2.41. The van der Waals surface area contributed by atoms with Gasteiger partial charge in [-0.2, -0.15) is 13.2 Å². The molecule has 162 valence electrons. The molecule has 2 aliphatic carbocycles. The van der Waals surface area contributed by atoms with Gasteiger partial charge in [0.05, 0.1) is 27.9 Å². The molecular formula is C23H22F3N3O2. The number of benzene rings is 1. The maximum atomic E-state index is 13.7. The molecule has 1 aromatic carbocycles. The molecule has 1 amide bonds. The Morgan fingerprint density at radius 3 is 2.55 bits per heavy atom. The Kier molecular flexibility index (Phi) is 4.57. The van der Waals surface area contributed by atoms with Crippen LogP contribution in [0.2, 0.25) is 0 Å². The molecule has 0 radical (unpaired) electrons. The molecule has 2 fully saturated rings. The lowest BCUT2D eigenvalue weighted by Gasteiger charge is -2.30. The summed E-state index contributed by atoms with van der Waals surface area (Å²) >= 11 is 0. The summed E-state index contributed by atoms with van der Waals surface area (Å²) in [6, 6.07) is 6.97. The van der Waals surface area contributed by atoms with Crippen molar-refractivity contribution in [1.82, 2.24) is 15.0 Å². The molecule has 0 aliphatic heterocycles. The van der Waals surface area contributed by atoms with Gasteiger partial charge in [0.15, 0.2) is 0 Å². The zero-order valence-corrected chi connectivity index (χ0v) is 17.2. The standard InChI is InChI=1S/C23H22F3N3O2/c1-12-20-17(22(30)29(15-9-10-15)13(2)14-7-8-14)11-19(27-21(20)31-28-12)16-5-3-4-6-18(16)23(24,25)26/h3-6,11,13-15H,7-10H2,1-2H3/t13-/m0/s1. The first kappa shape index (κ1) is 20.0. The fourth-order valence-electron chi connectivity index (χ4n) is 4.34. The summed E-state index contributed by atoms with van der Waals surface area (Å²) in [5.41, 5.74) is 0.0291. The second-order valence-electron chi connectivity index (χ2n) is 8.57. The van der Waals surface area contributed by atoms with E-state index in [2.05, 4.69) is 17.1 Å². The molecule has 0 N–H and O–H groups in total. The molecule has 8 heteroatoms. The van der Waals surface area contributed by atoms with E-state index < -0.39 is 11.7 Å². The zero-order chi connectivity index (χ0) is 21.9. The zero-order valence-electron chi connectivity index (χ0n) is 17.2. The Bertz CT molecular complexity index is 1160. The number of nitrogens with zero attached hydrogens (tertiary/aromatic N) is 3. The third-order valence-electron chi connectivity index (χ3n) is 6.27. The molecule has 0 spiro atoms. The van der Waals surface area contributed by atoms with Gasteiger partial charge in [0.25, 0.3) is 11.6 Å². The molecule has 2 aliphatic rings. The van der Waals surface area contributed by atoms with E-state index >= 15 is 0 Å². The van der Waals surface area contributed by atoms with E-state index in [9.17, 15) is 18.0 Å². The number of rotatable bonds is 5. The summed E-state index contributed by atoms with van der Waals surface area (Å²) in [6.07, 6.45) is -0.456. The normalized spacial score (nSPS) is 17.7. The van der Waals surface area contributed by atoms with Crippen molar-refractivity contribution in [2.75, 3.05) is 0 Å². The highest BCUT2D eigenvalue weighted by molar-refractivity contribution is 6.07. The molecule has 5 nitrogen and oxygen atoms in total. The third-order valence-corrected chi connectivity index (χ3v) is 6.27. The number of aromatic nitrogens is 2.